The Kier molecular flexibility index (Phi) is 4.99. The molecule has 0 aromatic carbocycles. The summed E-state index contributed by atoms with van der Waals surface area (Å²) in [6.07, 6.45) is 6.86. The molecule has 0 spiro atoms. The maximum absolute atomic E-state index is 5.82. The van der Waals surface area contributed by atoms with E-state index in [2.05, 4.69) is 15.0 Å². The fourth-order valence-corrected chi connectivity index (χ4v) is 2.10. The molecule has 0 radical (unpaired) electrons. The van der Waals surface area contributed by atoms with Gasteiger partial charge in [-0.3, -0.25) is 0 Å². The minimum atomic E-state index is 0.113. The van der Waals surface area contributed by atoms with Gasteiger partial charge in [-0.2, -0.15) is 9.97 Å². The van der Waals surface area contributed by atoms with Crippen molar-refractivity contribution < 1.29 is 9.47 Å². The Labute approximate surface area is 112 Å². The van der Waals surface area contributed by atoms with E-state index in [0.29, 0.717) is 6.61 Å². The Morgan fingerprint density at radius 1 is 1.11 bits per heavy atom. The second-order valence-corrected chi connectivity index (χ2v) is 4.73. The number of hydrogen-bond acceptors (Lipinski definition) is 5. The molecule has 1 aromatic heterocycles. The van der Waals surface area contributed by atoms with Crippen LogP contribution in [0.3, 0.4) is 0 Å². The van der Waals surface area contributed by atoms with Crippen LogP contribution < -0.4 is 9.47 Å². The van der Waals surface area contributed by atoms with E-state index in [1.807, 2.05) is 6.92 Å². The highest BCUT2D eigenvalue weighted by molar-refractivity contribution is 6.28. The number of aromatic nitrogens is 3. The Morgan fingerprint density at radius 2 is 1.83 bits per heavy atom. The summed E-state index contributed by atoms with van der Waals surface area (Å²) in [4.78, 5) is 12.0. The highest BCUT2D eigenvalue weighted by Gasteiger charge is 2.17. The topological polar surface area (TPSA) is 57.1 Å². The van der Waals surface area contributed by atoms with Gasteiger partial charge in [-0.1, -0.05) is 13.3 Å². The Hall–Kier alpha value is -1.10. The quantitative estimate of drug-likeness (QED) is 0.824. The van der Waals surface area contributed by atoms with Crippen molar-refractivity contribution in [1.82, 2.24) is 15.0 Å². The van der Waals surface area contributed by atoms with E-state index in [0.717, 1.165) is 19.3 Å². The molecular weight excluding hydrogens is 254 g/mol. The van der Waals surface area contributed by atoms with Gasteiger partial charge in [0.2, 0.25) is 5.28 Å². The molecule has 2 rings (SSSR count). The highest BCUT2D eigenvalue weighted by Crippen LogP contribution is 2.22. The van der Waals surface area contributed by atoms with Crippen molar-refractivity contribution in [3.05, 3.63) is 5.28 Å². The predicted octanol–water partition coefficient (Wildman–Crippen LogP) is 3.03. The van der Waals surface area contributed by atoms with Gasteiger partial charge >= 0.3 is 12.0 Å². The van der Waals surface area contributed by atoms with Gasteiger partial charge in [-0.25, -0.2) is 0 Å². The lowest BCUT2D eigenvalue weighted by Crippen LogP contribution is -2.21. The fraction of sp³-hybridized carbons (Fsp3) is 0.750. The molecule has 18 heavy (non-hydrogen) atoms. The molecular formula is C12H18ClN3O2. The molecule has 0 unspecified atom stereocenters. The van der Waals surface area contributed by atoms with Crippen molar-refractivity contribution in [2.75, 3.05) is 6.61 Å². The smallest absolute Gasteiger partial charge is 0.324 e. The summed E-state index contributed by atoms with van der Waals surface area (Å²) in [7, 11) is 0. The van der Waals surface area contributed by atoms with E-state index in [4.69, 9.17) is 21.1 Å². The number of nitrogens with zero attached hydrogens (tertiary/aromatic N) is 3. The normalized spacial score (nSPS) is 16.6. The fourth-order valence-electron chi connectivity index (χ4n) is 1.96. The third kappa shape index (κ3) is 3.98. The van der Waals surface area contributed by atoms with Gasteiger partial charge in [0.1, 0.15) is 6.10 Å². The van der Waals surface area contributed by atoms with Crippen LogP contribution in [0.5, 0.6) is 12.0 Å². The summed E-state index contributed by atoms with van der Waals surface area (Å²) in [5, 5.41) is 0.113. The van der Waals surface area contributed by atoms with Crippen LogP contribution in [0.15, 0.2) is 0 Å². The molecule has 6 heteroatoms. The first-order valence-electron chi connectivity index (χ1n) is 6.49. The van der Waals surface area contributed by atoms with Crippen molar-refractivity contribution in [2.24, 2.45) is 0 Å². The zero-order chi connectivity index (χ0) is 12.8. The van der Waals surface area contributed by atoms with E-state index < -0.39 is 0 Å². The second-order valence-electron chi connectivity index (χ2n) is 4.40. The highest BCUT2D eigenvalue weighted by atomic mass is 35.5. The molecule has 1 fully saturated rings. The van der Waals surface area contributed by atoms with Gasteiger partial charge in [0.15, 0.2) is 0 Å². The van der Waals surface area contributed by atoms with E-state index in [-0.39, 0.29) is 23.4 Å². The standard InChI is InChI=1S/C12H18ClN3O2/c1-2-8-17-11-14-10(13)15-12(16-11)18-9-6-4-3-5-7-9/h9H,2-8H2,1H3. The Balaban J connectivity index is 1.99. The predicted molar refractivity (Wildman–Crippen MR) is 68.1 cm³/mol. The SMILES string of the molecule is CCCOc1nc(Cl)nc(OC2CCCCC2)n1. The molecule has 0 N–H and O–H groups in total. The van der Waals surface area contributed by atoms with Gasteiger partial charge in [0, 0.05) is 0 Å². The first-order chi connectivity index (χ1) is 8.78. The first-order valence-corrected chi connectivity index (χ1v) is 6.86. The minimum absolute atomic E-state index is 0.113. The molecule has 0 atom stereocenters. The largest absolute Gasteiger partial charge is 0.463 e. The van der Waals surface area contributed by atoms with Crippen LogP contribution in [-0.4, -0.2) is 27.7 Å². The van der Waals surface area contributed by atoms with Gasteiger partial charge in [-0.05, 0) is 43.7 Å². The van der Waals surface area contributed by atoms with Crippen LogP contribution in [0.1, 0.15) is 45.4 Å². The lowest BCUT2D eigenvalue weighted by atomic mass is 9.98. The molecule has 1 heterocycles. The zero-order valence-corrected chi connectivity index (χ0v) is 11.3. The number of hydrogen-bond donors (Lipinski definition) is 0. The molecule has 0 bridgehead atoms. The Bertz CT molecular complexity index is 384. The molecule has 0 aliphatic heterocycles. The summed E-state index contributed by atoms with van der Waals surface area (Å²) in [5.41, 5.74) is 0. The van der Waals surface area contributed by atoms with E-state index in [9.17, 15) is 0 Å². The van der Waals surface area contributed by atoms with Crippen molar-refractivity contribution >= 4 is 11.6 Å². The maximum atomic E-state index is 5.82. The first kappa shape index (κ1) is 13.3. The molecule has 1 aliphatic carbocycles. The lowest BCUT2D eigenvalue weighted by molar-refractivity contribution is 0.139. The monoisotopic (exact) mass is 271 g/mol. The van der Waals surface area contributed by atoms with Crippen LogP contribution in [-0.2, 0) is 0 Å². The summed E-state index contributed by atoms with van der Waals surface area (Å²) in [6.45, 7) is 2.57. The van der Waals surface area contributed by atoms with Crippen LogP contribution in [0.25, 0.3) is 0 Å². The summed E-state index contributed by atoms with van der Waals surface area (Å²) < 4.78 is 11.1. The van der Waals surface area contributed by atoms with E-state index in [1.54, 1.807) is 0 Å². The molecule has 5 nitrogen and oxygen atoms in total. The van der Waals surface area contributed by atoms with Gasteiger partial charge in [-0.15, -0.1) is 4.98 Å². The second kappa shape index (κ2) is 6.73. The van der Waals surface area contributed by atoms with Crippen molar-refractivity contribution in [2.45, 2.75) is 51.6 Å². The van der Waals surface area contributed by atoms with Crippen molar-refractivity contribution in [3.8, 4) is 12.0 Å². The summed E-state index contributed by atoms with van der Waals surface area (Å²) in [6, 6.07) is 0.510. The molecule has 1 aromatic rings. The third-order valence-corrected chi connectivity index (χ3v) is 3.00. The van der Waals surface area contributed by atoms with Crippen LogP contribution >= 0.6 is 11.6 Å². The maximum Gasteiger partial charge on any atom is 0.324 e. The van der Waals surface area contributed by atoms with Crippen molar-refractivity contribution in [1.29, 1.82) is 0 Å². The van der Waals surface area contributed by atoms with Crippen molar-refractivity contribution in [3.63, 3.8) is 0 Å². The van der Waals surface area contributed by atoms with Crippen LogP contribution in [0, 0.1) is 0 Å². The molecule has 1 saturated carbocycles. The Morgan fingerprint density at radius 3 is 2.56 bits per heavy atom. The van der Waals surface area contributed by atoms with Gasteiger partial charge in [0.25, 0.3) is 0 Å². The third-order valence-electron chi connectivity index (χ3n) is 2.83. The van der Waals surface area contributed by atoms with E-state index in [1.165, 1.54) is 19.3 Å². The van der Waals surface area contributed by atoms with Gasteiger partial charge < -0.3 is 9.47 Å². The average Bonchev–Trinajstić information content (AvgIpc) is 2.37. The molecule has 100 valence electrons. The average molecular weight is 272 g/mol. The number of ether oxygens (including phenoxy) is 2. The molecule has 0 amide bonds. The summed E-state index contributed by atoms with van der Waals surface area (Å²) in [5.74, 6) is 0. The van der Waals surface area contributed by atoms with Crippen LogP contribution in [0.2, 0.25) is 5.28 Å². The van der Waals surface area contributed by atoms with Gasteiger partial charge in [0.05, 0.1) is 6.61 Å². The van der Waals surface area contributed by atoms with E-state index >= 15 is 0 Å². The minimum Gasteiger partial charge on any atom is -0.463 e. The zero-order valence-electron chi connectivity index (χ0n) is 10.6. The number of halogens is 1. The lowest BCUT2D eigenvalue weighted by Gasteiger charge is -2.21. The molecule has 0 saturated heterocycles. The number of rotatable bonds is 5. The van der Waals surface area contributed by atoms with Crippen LogP contribution in [0.4, 0.5) is 0 Å². The summed E-state index contributed by atoms with van der Waals surface area (Å²) >= 11 is 5.82. The molecule has 1 aliphatic rings.